The second kappa shape index (κ2) is 6.11. The van der Waals surface area contributed by atoms with Gasteiger partial charge in [0.1, 0.15) is 11.5 Å². The van der Waals surface area contributed by atoms with Crippen molar-refractivity contribution in [1.82, 2.24) is 0 Å². The van der Waals surface area contributed by atoms with Crippen LogP contribution in [0.4, 0.5) is 0 Å². The van der Waals surface area contributed by atoms with Crippen LogP contribution in [0.5, 0.6) is 11.5 Å². The first kappa shape index (κ1) is 13.2. The molecule has 0 fully saturated rings. The Balaban J connectivity index is 2.04. The molecule has 19 heavy (non-hydrogen) atoms. The van der Waals surface area contributed by atoms with Crippen LogP contribution < -0.4 is 4.74 Å². The number of ether oxygens (including phenoxy) is 1. The number of rotatable bonds is 4. The van der Waals surface area contributed by atoms with Crippen LogP contribution in [-0.2, 0) is 4.79 Å². The summed E-state index contributed by atoms with van der Waals surface area (Å²) in [6, 6.07) is 14.1. The summed E-state index contributed by atoms with van der Waals surface area (Å²) in [4.78, 5) is 13.1. The van der Waals surface area contributed by atoms with Crippen LogP contribution >= 0.6 is 11.8 Å². The highest BCUT2D eigenvalue weighted by molar-refractivity contribution is 7.99. The van der Waals surface area contributed by atoms with Crippen LogP contribution in [0.25, 0.3) is 0 Å². The highest BCUT2D eigenvalue weighted by Gasteiger charge is 2.01. The molecule has 96 valence electrons. The highest BCUT2D eigenvalue weighted by atomic mass is 32.2. The molecule has 0 atom stereocenters. The number of aromatic hydroxyl groups is 1. The monoisotopic (exact) mass is 272 g/mol. The van der Waals surface area contributed by atoms with Crippen LogP contribution in [0.15, 0.2) is 71.0 Å². The van der Waals surface area contributed by atoms with Crippen LogP contribution in [0.3, 0.4) is 0 Å². The van der Waals surface area contributed by atoms with Gasteiger partial charge in [-0.05, 0) is 48.5 Å². The molecule has 0 saturated heterocycles. The van der Waals surface area contributed by atoms with E-state index in [4.69, 9.17) is 4.74 Å². The Bertz CT molecular complexity index is 573. The lowest BCUT2D eigenvalue weighted by molar-refractivity contribution is -0.128. The summed E-state index contributed by atoms with van der Waals surface area (Å²) in [5, 5.41) is 9.20. The molecule has 0 aliphatic rings. The lowest BCUT2D eigenvalue weighted by Crippen LogP contribution is -2.02. The van der Waals surface area contributed by atoms with Crippen molar-refractivity contribution in [3.63, 3.8) is 0 Å². The van der Waals surface area contributed by atoms with Gasteiger partial charge in [0.25, 0.3) is 0 Å². The zero-order valence-corrected chi connectivity index (χ0v) is 10.9. The Morgan fingerprint density at radius 3 is 2.11 bits per heavy atom. The SMILES string of the molecule is C=CC(=O)Oc1ccc(Sc2ccc(O)cc2)cc1. The van der Waals surface area contributed by atoms with E-state index in [0.29, 0.717) is 5.75 Å². The van der Waals surface area contributed by atoms with Crippen molar-refractivity contribution >= 4 is 17.7 Å². The second-order valence-electron chi connectivity index (χ2n) is 3.69. The van der Waals surface area contributed by atoms with Gasteiger partial charge in [-0.3, -0.25) is 0 Å². The molecule has 2 aromatic rings. The lowest BCUT2D eigenvalue weighted by Gasteiger charge is -2.04. The lowest BCUT2D eigenvalue weighted by atomic mass is 10.3. The number of phenolic OH excluding ortho intramolecular Hbond substituents is 1. The maximum Gasteiger partial charge on any atom is 0.335 e. The molecule has 0 heterocycles. The van der Waals surface area contributed by atoms with Gasteiger partial charge in [-0.1, -0.05) is 18.3 Å². The summed E-state index contributed by atoms with van der Waals surface area (Å²) in [6.45, 7) is 3.34. The topological polar surface area (TPSA) is 46.5 Å². The van der Waals surface area contributed by atoms with Crippen LogP contribution in [0.1, 0.15) is 0 Å². The van der Waals surface area contributed by atoms with Crippen molar-refractivity contribution in [1.29, 1.82) is 0 Å². The highest BCUT2D eigenvalue weighted by Crippen LogP contribution is 2.29. The molecule has 4 heteroatoms. The molecule has 0 aliphatic carbocycles. The van der Waals surface area contributed by atoms with Gasteiger partial charge in [0.15, 0.2) is 0 Å². The van der Waals surface area contributed by atoms with E-state index in [1.165, 1.54) is 0 Å². The molecule has 3 nitrogen and oxygen atoms in total. The third-order valence-corrected chi connectivity index (χ3v) is 3.30. The van der Waals surface area contributed by atoms with Gasteiger partial charge in [-0.2, -0.15) is 0 Å². The van der Waals surface area contributed by atoms with Crippen LogP contribution in [0, 0.1) is 0 Å². The quantitative estimate of drug-likeness (QED) is 0.524. The number of hydrogen-bond donors (Lipinski definition) is 1. The Kier molecular flexibility index (Phi) is 4.26. The molecular formula is C15H12O3S. The summed E-state index contributed by atoms with van der Waals surface area (Å²) in [7, 11) is 0. The van der Waals surface area contributed by atoms with E-state index in [0.717, 1.165) is 15.9 Å². The number of carbonyl (C=O) groups is 1. The molecular weight excluding hydrogens is 260 g/mol. The molecule has 0 aliphatic heterocycles. The average molecular weight is 272 g/mol. The first-order valence-corrected chi connectivity index (χ1v) is 6.40. The minimum Gasteiger partial charge on any atom is -0.508 e. The molecule has 0 aromatic heterocycles. The van der Waals surface area contributed by atoms with Gasteiger partial charge in [0.2, 0.25) is 0 Å². The maximum absolute atomic E-state index is 11.0. The first-order chi connectivity index (χ1) is 9.17. The molecule has 0 saturated carbocycles. The molecule has 0 spiro atoms. The van der Waals surface area contributed by atoms with E-state index >= 15 is 0 Å². The number of esters is 1. The van der Waals surface area contributed by atoms with Gasteiger partial charge in [-0.25, -0.2) is 4.79 Å². The van der Waals surface area contributed by atoms with Gasteiger partial charge in [0.05, 0.1) is 0 Å². The minimum absolute atomic E-state index is 0.246. The molecule has 0 unspecified atom stereocenters. The number of phenols is 1. The normalized spacial score (nSPS) is 9.89. The predicted octanol–water partition coefficient (Wildman–Crippen LogP) is 3.63. The molecule has 0 bridgehead atoms. The molecule has 1 N–H and O–H groups in total. The smallest absolute Gasteiger partial charge is 0.335 e. The van der Waals surface area contributed by atoms with E-state index in [2.05, 4.69) is 6.58 Å². The van der Waals surface area contributed by atoms with E-state index in [1.54, 1.807) is 36.0 Å². The fraction of sp³-hybridized carbons (Fsp3) is 0. The largest absolute Gasteiger partial charge is 0.508 e. The number of hydrogen-bond acceptors (Lipinski definition) is 4. The Morgan fingerprint density at radius 1 is 1.05 bits per heavy atom. The number of benzene rings is 2. The summed E-state index contributed by atoms with van der Waals surface area (Å²) in [6.07, 6.45) is 1.12. The van der Waals surface area contributed by atoms with Crippen molar-refractivity contribution in [2.24, 2.45) is 0 Å². The minimum atomic E-state index is -0.473. The Labute approximate surface area is 115 Å². The van der Waals surface area contributed by atoms with Crippen molar-refractivity contribution in [3.8, 4) is 11.5 Å². The fourth-order valence-corrected chi connectivity index (χ4v) is 2.20. The van der Waals surface area contributed by atoms with Gasteiger partial charge in [-0.15, -0.1) is 0 Å². The van der Waals surface area contributed by atoms with Gasteiger partial charge >= 0.3 is 5.97 Å². The third-order valence-electron chi connectivity index (χ3n) is 2.28. The zero-order valence-electron chi connectivity index (χ0n) is 10.1. The first-order valence-electron chi connectivity index (χ1n) is 5.58. The average Bonchev–Trinajstić information content (AvgIpc) is 2.43. The van der Waals surface area contributed by atoms with Crippen molar-refractivity contribution < 1.29 is 14.6 Å². The van der Waals surface area contributed by atoms with Crippen molar-refractivity contribution in [2.75, 3.05) is 0 Å². The van der Waals surface area contributed by atoms with E-state index in [-0.39, 0.29) is 5.75 Å². The standard InChI is InChI=1S/C15H12O3S/c1-2-15(17)18-12-5-9-14(10-6-12)19-13-7-3-11(16)4-8-13/h2-10,16H,1H2. The summed E-state index contributed by atoms with van der Waals surface area (Å²) < 4.78 is 4.99. The van der Waals surface area contributed by atoms with Gasteiger partial charge in [0, 0.05) is 15.9 Å². The Morgan fingerprint density at radius 2 is 1.58 bits per heavy atom. The molecule has 0 radical (unpaired) electrons. The fourth-order valence-electron chi connectivity index (χ4n) is 1.38. The van der Waals surface area contributed by atoms with Crippen molar-refractivity contribution in [3.05, 3.63) is 61.2 Å². The second-order valence-corrected chi connectivity index (χ2v) is 4.84. The summed E-state index contributed by atoms with van der Waals surface area (Å²) in [5.74, 6) is 0.259. The molecule has 2 aromatic carbocycles. The molecule has 2 rings (SSSR count). The van der Waals surface area contributed by atoms with Crippen LogP contribution in [-0.4, -0.2) is 11.1 Å². The van der Waals surface area contributed by atoms with E-state index < -0.39 is 5.97 Å². The number of carbonyl (C=O) groups excluding carboxylic acids is 1. The summed E-state index contributed by atoms with van der Waals surface area (Å²) >= 11 is 1.56. The summed E-state index contributed by atoms with van der Waals surface area (Å²) in [5.41, 5.74) is 0. The van der Waals surface area contributed by atoms with E-state index in [1.807, 2.05) is 24.3 Å². The third kappa shape index (κ3) is 3.89. The zero-order chi connectivity index (χ0) is 13.7. The maximum atomic E-state index is 11.0. The van der Waals surface area contributed by atoms with Crippen molar-refractivity contribution in [2.45, 2.75) is 9.79 Å². The van der Waals surface area contributed by atoms with Gasteiger partial charge < -0.3 is 9.84 Å². The Hall–Kier alpha value is -2.20. The van der Waals surface area contributed by atoms with E-state index in [9.17, 15) is 9.90 Å². The molecule has 0 amide bonds. The predicted molar refractivity (Wildman–Crippen MR) is 74.5 cm³/mol. The van der Waals surface area contributed by atoms with Crippen LogP contribution in [0.2, 0.25) is 0 Å².